The van der Waals surface area contributed by atoms with E-state index in [0.717, 1.165) is 6.07 Å². The van der Waals surface area contributed by atoms with Crippen LogP contribution in [0, 0.1) is 5.92 Å². The third-order valence-corrected chi connectivity index (χ3v) is 3.19. The maximum absolute atomic E-state index is 12.9. The van der Waals surface area contributed by atoms with Crippen LogP contribution in [0.3, 0.4) is 0 Å². The lowest BCUT2D eigenvalue weighted by Gasteiger charge is -2.17. The maximum atomic E-state index is 12.9. The van der Waals surface area contributed by atoms with Crippen molar-refractivity contribution in [3.05, 3.63) is 28.2 Å². The van der Waals surface area contributed by atoms with Gasteiger partial charge in [0.2, 0.25) is 5.91 Å². The second kappa shape index (κ2) is 7.08. The first-order chi connectivity index (χ1) is 9.25. The first-order valence-electron chi connectivity index (χ1n) is 6.14. The molecule has 0 fully saturated rings. The van der Waals surface area contributed by atoms with E-state index < -0.39 is 23.6 Å². The molecular formula is C13H16BrF3N2O. The van der Waals surface area contributed by atoms with E-state index in [1.165, 1.54) is 12.1 Å². The van der Waals surface area contributed by atoms with Gasteiger partial charge in [0.1, 0.15) is 0 Å². The van der Waals surface area contributed by atoms with Gasteiger partial charge in [-0.2, -0.15) is 13.2 Å². The van der Waals surface area contributed by atoms with Gasteiger partial charge in [-0.05, 0) is 24.7 Å². The van der Waals surface area contributed by atoms with Gasteiger partial charge in [0.25, 0.3) is 0 Å². The van der Waals surface area contributed by atoms with E-state index in [4.69, 9.17) is 0 Å². The fourth-order valence-electron chi connectivity index (χ4n) is 1.57. The van der Waals surface area contributed by atoms with E-state index in [-0.39, 0.29) is 5.69 Å². The van der Waals surface area contributed by atoms with Gasteiger partial charge in [0.15, 0.2) is 0 Å². The largest absolute Gasteiger partial charge is 0.418 e. The number of carbonyl (C=O) groups excluding carboxylic acids is 1. The molecule has 0 bridgehead atoms. The monoisotopic (exact) mass is 352 g/mol. The Hall–Kier alpha value is -1.08. The van der Waals surface area contributed by atoms with Crippen LogP contribution in [-0.4, -0.2) is 19.0 Å². The SMILES string of the molecule is CCNCC(C)C(=O)Nc1ccc(Br)cc1C(F)(F)F. The molecule has 20 heavy (non-hydrogen) atoms. The highest BCUT2D eigenvalue weighted by Crippen LogP contribution is 2.36. The molecule has 3 nitrogen and oxygen atoms in total. The zero-order valence-corrected chi connectivity index (χ0v) is 12.7. The van der Waals surface area contributed by atoms with Crippen molar-refractivity contribution in [1.82, 2.24) is 5.32 Å². The molecule has 0 aromatic heterocycles. The van der Waals surface area contributed by atoms with E-state index in [9.17, 15) is 18.0 Å². The molecule has 0 spiro atoms. The summed E-state index contributed by atoms with van der Waals surface area (Å²) in [4.78, 5) is 11.9. The standard InChI is InChI=1S/C13H16BrF3N2O/c1-3-18-7-8(2)12(20)19-11-5-4-9(14)6-10(11)13(15,16)17/h4-6,8,18H,3,7H2,1-2H3,(H,19,20). The predicted molar refractivity (Wildman–Crippen MR) is 75.5 cm³/mol. The fourth-order valence-corrected chi connectivity index (χ4v) is 1.93. The van der Waals surface area contributed by atoms with E-state index in [1.807, 2.05) is 6.92 Å². The van der Waals surface area contributed by atoms with Gasteiger partial charge in [-0.15, -0.1) is 0 Å². The molecule has 0 heterocycles. The molecule has 0 aliphatic heterocycles. The lowest BCUT2D eigenvalue weighted by molar-refractivity contribution is -0.137. The minimum absolute atomic E-state index is 0.228. The molecule has 0 saturated carbocycles. The number of alkyl halides is 3. The van der Waals surface area contributed by atoms with Crippen molar-refractivity contribution in [2.45, 2.75) is 20.0 Å². The van der Waals surface area contributed by atoms with Crippen LogP contribution in [-0.2, 0) is 11.0 Å². The lowest BCUT2D eigenvalue weighted by atomic mass is 10.1. The number of anilines is 1. The number of hydrogen-bond donors (Lipinski definition) is 2. The first-order valence-corrected chi connectivity index (χ1v) is 6.93. The zero-order valence-electron chi connectivity index (χ0n) is 11.1. The Balaban J connectivity index is 2.90. The number of carbonyl (C=O) groups is 1. The molecule has 1 unspecified atom stereocenters. The second-order valence-corrected chi connectivity index (χ2v) is 5.30. The highest BCUT2D eigenvalue weighted by atomic mass is 79.9. The summed E-state index contributed by atoms with van der Waals surface area (Å²) >= 11 is 3.00. The number of hydrogen-bond acceptors (Lipinski definition) is 2. The quantitative estimate of drug-likeness (QED) is 0.849. The highest BCUT2D eigenvalue weighted by molar-refractivity contribution is 9.10. The van der Waals surface area contributed by atoms with Crippen molar-refractivity contribution in [2.24, 2.45) is 5.92 Å². The van der Waals surface area contributed by atoms with Crippen LogP contribution >= 0.6 is 15.9 Å². The van der Waals surface area contributed by atoms with Crippen molar-refractivity contribution >= 4 is 27.5 Å². The van der Waals surface area contributed by atoms with Crippen LogP contribution in [0.2, 0.25) is 0 Å². The summed E-state index contributed by atoms with van der Waals surface area (Å²) in [5.41, 5.74) is -1.09. The number of halogens is 4. The second-order valence-electron chi connectivity index (χ2n) is 4.39. The van der Waals surface area contributed by atoms with Gasteiger partial charge in [-0.25, -0.2) is 0 Å². The number of benzene rings is 1. The summed E-state index contributed by atoms with van der Waals surface area (Å²) in [7, 11) is 0. The molecule has 2 N–H and O–H groups in total. The minimum atomic E-state index is -4.52. The van der Waals surface area contributed by atoms with Crippen LogP contribution in [0.5, 0.6) is 0 Å². The Morgan fingerprint density at radius 3 is 2.60 bits per heavy atom. The molecule has 1 atom stereocenters. The molecule has 1 aromatic rings. The highest BCUT2D eigenvalue weighted by Gasteiger charge is 2.34. The Kier molecular flexibility index (Phi) is 6.01. The van der Waals surface area contributed by atoms with Gasteiger partial charge in [0, 0.05) is 16.9 Å². The Labute approximate surface area is 124 Å². The van der Waals surface area contributed by atoms with Gasteiger partial charge in [-0.1, -0.05) is 29.8 Å². The van der Waals surface area contributed by atoms with Crippen LogP contribution in [0.15, 0.2) is 22.7 Å². The van der Waals surface area contributed by atoms with E-state index in [1.54, 1.807) is 6.92 Å². The number of nitrogens with one attached hydrogen (secondary N) is 2. The molecule has 1 amide bonds. The van der Waals surface area contributed by atoms with Gasteiger partial charge in [0.05, 0.1) is 11.3 Å². The van der Waals surface area contributed by atoms with E-state index in [0.29, 0.717) is 17.6 Å². The summed E-state index contributed by atoms with van der Waals surface area (Å²) in [6.45, 7) is 4.66. The van der Waals surface area contributed by atoms with Crippen LogP contribution < -0.4 is 10.6 Å². The molecule has 7 heteroatoms. The predicted octanol–water partition coefficient (Wildman–Crippen LogP) is 3.65. The van der Waals surface area contributed by atoms with E-state index >= 15 is 0 Å². The van der Waals surface area contributed by atoms with Gasteiger partial charge in [-0.3, -0.25) is 4.79 Å². The Bertz CT molecular complexity index is 477. The topological polar surface area (TPSA) is 41.1 Å². The number of amides is 1. The summed E-state index contributed by atoms with van der Waals surface area (Å²) < 4.78 is 39.0. The maximum Gasteiger partial charge on any atom is 0.418 e. The average Bonchev–Trinajstić information content (AvgIpc) is 2.36. The Morgan fingerprint density at radius 2 is 2.05 bits per heavy atom. The van der Waals surface area contributed by atoms with Crippen molar-refractivity contribution in [3.8, 4) is 0 Å². The summed E-state index contributed by atoms with van der Waals surface area (Å²) in [5.74, 6) is -0.863. The molecule has 0 saturated heterocycles. The van der Waals surface area contributed by atoms with Gasteiger partial charge < -0.3 is 10.6 Å². The molecule has 0 aliphatic carbocycles. The molecule has 0 radical (unpaired) electrons. The van der Waals surface area contributed by atoms with Gasteiger partial charge >= 0.3 is 6.18 Å². The first kappa shape index (κ1) is 17.0. The van der Waals surface area contributed by atoms with Crippen LogP contribution in [0.1, 0.15) is 19.4 Å². The smallest absolute Gasteiger partial charge is 0.325 e. The summed E-state index contributed by atoms with van der Waals surface area (Å²) in [5, 5.41) is 5.31. The number of rotatable bonds is 5. The summed E-state index contributed by atoms with van der Waals surface area (Å²) in [6, 6.07) is 3.65. The molecule has 1 rings (SSSR count). The van der Waals surface area contributed by atoms with Crippen molar-refractivity contribution in [1.29, 1.82) is 0 Å². The fraction of sp³-hybridized carbons (Fsp3) is 0.462. The summed E-state index contributed by atoms with van der Waals surface area (Å²) in [6.07, 6.45) is -4.52. The van der Waals surface area contributed by atoms with Crippen molar-refractivity contribution in [3.63, 3.8) is 0 Å². The molecule has 1 aromatic carbocycles. The Morgan fingerprint density at radius 1 is 1.40 bits per heavy atom. The molecule has 112 valence electrons. The molecular weight excluding hydrogens is 337 g/mol. The average molecular weight is 353 g/mol. The lowest BCUT2D eigenvalue weighted by Crippen LogP contribution is -2.31. The van der Waals surface area contributed by atoms with E-state index in [2.05, 4.69) is 26.6 Å². The third kappa shape index (κ3) is 4.79. The van der Waals surface area contributed by atoms with Crippen molar-refractivity contribution < 1.29 is 18.0 Å². The third-order valence-electron chi connectivity index (χ3n) is 2.69. The normalized spacial score (nSPS) is 13.1. The van der Waals surface area contributed by atoms with Crippen molar-refractivity contribution in [2.75, 3.05) is 18.4 Å². The van der Waals surface area contributed by atoms with Crippen LogP contribution in [0.25, 0.3) is 0 Å². The minimum Gasteiger partial charge on any atom is -0.325 e. The zero-order chi connectivity index (χ0) is 15.3. The molecule has 0 aliphatic rings. The van der Waals surface area contributed by atoms with Crippen LogP contribution in [0.4, 0.5) is 18.9 Å².